The number of hydrogen-bond donors (Lipinski definition) is 1. The van der Waals surface area contributed by atoms with Crippen molar-refractivity contribution in [3.8, 4) is 0 Å². The molecule has 1 N–H and O–H groups in total. The molecule has 2 aliphatic carbocycles. The Morgan fingerprint density at radius 1 is 0.231 bits per heavy atom. The fourth-order valence-corrected chi connectivity index (χ4v) is 11.0. The van der Waals surface area contributed by atoms with Crippen molar-refractivity contribution in [1.29, 1.82) is 0 Å². The van der Waals surface area contributed by atoms with Gasteiger partial charge in [-0.3, -0.25) is 47.9 Å². The first-order valence-corrected chi connectivity index (χ1v) is 35.6. The zero-order valence-corrected chi connectivity index (χ0v) is 55.6. The van der Waals surface area contributed by atoms with Crippen LogP contribution in [0.25, 0.3) is 0 Å². The number of aliphatic hydroxyl groups is 1. The summed E-state index contributed by atoms with van der Waals surface area (Å²) < 4.78 is 53.4. The van der Waals surface area contributed by atoms with Gasteiger partial charge in [0.15, 0.2) is 0 Å². The van der Waals surface area contributed by atoms with Gasteiger partial charge in [-0.25, -0.2) is 0 Å². The van der Waals surface area contributed by atoms with E-state index in [1.165, 1.54) is 32.1 Å². The summed E-state index contributed by atoms with van der Waals surface area (Å²) in [6.07, 6.45) is 32.5. The Morgan fingerprint density at radius 3 is 0.670 bits per heavy atom. The molecule has 0 amide bonds. The van der Waals surface area contributed by atoms with Gasteiger partial charge in [0.05, 0.1) is 59.5 Å². The van der Waals surface area contributed by atoms with Gasteiger partial charge in [0.2, 0.25) is 0 Å². The number of rotatable bonds is 60. The van der Waals surface area contributed by atoms with Crippen molar-refractivity contribution in [3.63, 3.8) is 0 Å². The zero-order chi connectivity index (χ0) is 65.9. The van der Waals surface area contributed by atoms with E-state index in [9.17, 15) is 47.9 Å². The highest BCUT2D eigenvalue weighted by molar-refractivity contribution is 5.72. The van der Waals surface area contributed by atoms with E-state index in [1.807, 2.05) is 0 Å². The third-order valence-electron chi connectivity index (χ3n) is 16.4. The summed E-state index contributed by atoms with van der Waals surface area (Å²) in [7, 11) is 0. The van der Waals surface area contributed by atoms with Crippen LogP contribution in [-0.4, -0.2) is 137 Å². The Hall–Kier alpha value is -5.34. The van der Waals surface area contributed by atoms with Gasteiger partial charge in [0.25, 0.3) is 0 Å². The van der Waals surface area contributed by atoms with Crippen molar-refractivity contribution in [2.45, 2.75) is 308 Å². The molecule has 2 saturated carbocycles. The van der Waals surface area contributed by atoms with Crippen LogP contribution in [0, 0.1) is 11.8 Å². The van der Waals surface area contributed by atoms with E-state index in [0.717, 1.165) is 102 Å². The number of carbonyl (C=O) groups excluding carboxylic acids is 10. The number of carbonyl (C=O) groups is 10. The number of unbranched alkanes of at least 4 members (excludes halogenated alkanes) is 20. The van der Waals surface area contributed by atoms with Crippen LogP contribution in [0.15, 0.2) is 0 Å². The predicted molar refractivity (Wildman–Crippen MR) is 340 cm³/mol. The van der Waals surface area contributed by atoms with E-state index in [-0.39, 0.29) is 118 Å². The molecule has 3 unspecified atom stereocenters. The van der Waals surface area contributed by atoms with Crippen molar-refractivity contribution in [3.05, 3.63) is 0 Å². The van der Waals surface area contributed by atoms with Gasteiger partial charge in [-0.05, 0) is 217 Å². The normalized spacial score (nSPS) is 15.1. The highest BCUT2D eigenvalue weighted by atomic mass is 16.6. The molecule has 0 radical (unpaired) electrons. The maximum Gasteiger partial charge on any atom is 0.306 e. The van der Waals surface area contributed by atoms with Gasteiger partial charge in [0, 0.05) is 70.8 Å². The third kappa shape index (κ3) is 51.8. The average Bonchev–Trinajstić information content (AvgIpc) is 2.21. The number of hydrogen-bond acceptors (Lipinski definition) is 21. The number of ether oxygens (including phenoxy) is 10. The molecule has 0 aromatic heterocycles. The molecule has 2 rings (SSSR count). The van der Waals surface area contributed by atoms with Crippen LogP contribution in [0.4, 0.5) is 0 Å². The smallest absolute Gasteiger partial charge is 0.306 e. The first-order valence-electron chi connectivity index (χ1n) is 35.6. The standard InChI is InChI=1S/C70H118O21/c71-47-23-1-11-35-61(72)82-48-24-2-12-36-62(73)83-49-25-3-13-37-63(74)84-50-26-4-14-38-64(75)85-51-27-5-15-39-65(76)86-52-28-6-16-40-66(77)87-53-29-7-17-41-67(78)88-54-30-8-18-42-68(79)89-55-31-9-19-43-69(80)90-56-32-10-20-44-70(81)91-60-46-45-58-33-21-22-34-59(58)57-60/h58-60,71H,1-57H2. The van der Waals surface area contributed by atoms with Crippen LogP contribution in [0.3, 0.4) is 0 Å². The summed E-state index contributed by atoms with van der Waals surface area (Å²) in [5.74, 6) is -0.883. The summed E-state index contributed by atoms with van der Waals surface area (Å²) in [6, 6.07) is 0. The minimum absolute atomic E-state index is 0.0883. The molecule has 0 aliphatic heterocycles. The van der Waals surface area contributed by atoms with Gasteiger partial charge < -0.3 is 52.5 Å². The second-order valence-corrected chi connectivity index (χ2v) is 24.5. The maximum atomic E-state index is 12.3. The Morgan fingerprint density at radius 2 is 0.440 bits per heavy atom. The number of esters is 10. The van der Waals surface area contributed by atoms with Crippen molar-refractivity contribution >= 4 is 59.7 Å². The molecule has 0 aromatic carbocycles. The topological polar surface area (TPSA) is 283 Å². The van der Waals surface area contributed by atoms with Gasteiger partial charge in [-0.1, -0.05) is 32.1 Å². The van der Waals surface area contributed by atoms with Crippen LogP contribution in [-0.2, 0) is 95.3 Å². The van der Waals surface area contributed by atoms with Crippen molar-refractivity contribution in [1.82, 2.24) is 0 Å². The molecule has 21 nitrogen and oxygen atoms in total. The molecule has 91 heavy (non-hydrogen) atoms. The molecule has 0 aromatic rings. The second-order valence-electron chi connectivity index (χ2n) is 24.5. The molecule has 21 heteroatoms. The van der Waals surface area contributed by atoms with Crippen LogP contribution in [0.5, 0.6) is 0 Å². The van der Waals surface area contributed by atoms with Gasteiger partial charge in [-0.15, -0.1) is 0 Å². The first-order chi connectivity index (χ1) is 44.3. The fraction of sp³-hybridized carbons (Fsp3) is 0.857. The summed E-state index contributed by atoms with van der Waals surface area (Å²) in [6.45, 7) is 2.90. The Balaban J connectivity index is 1.23. The lowest BCUT2D eigenvalue weighted by atomic mass is 9.70. The van der Waals surface area contributed by atoms with E-state index in [0.29, 0.717) is 194 Å². The van der Waals surface area contributed by atoms with E-state index in [1.54, 1.807) is 0 Å². The molecule has 2 aliphatic rings. The van der Waals surface area contributed by atoms with Crippen molar-refractivity contribution in [2.75, 3.05) is 66.1 Å². The van der Waals surface area contributed by atoms with E-state index in [2.05, 4.69) is 0 Å². The predicted octanol–water partition coefficient (Wildman–Crippen LogP) is 13.4. The quantitative estimate of drug-likeness (QED) is 0.0336. The van der Waals surface area contributed by atoms with Crippen LogP contribution >= 0.6 is 0 Å². The van der Waals surface area contributed by atoms with E-state index in [4.69, 9.17) is 52.5 Å². The fourth-order valence-electron chi connectivity index (χ4n) is 11.0. The lowest BCUT2D eigenvalue weighted by molar-refractivity contribution is -0.153. The maximum absolute atomic E-state index is 12.3. The molecule has 3 atom stereocenters. The van der Waals surface area contributed by atoms with Gasteiger partial charge in [-0.2, -0.15) is 0 Å². The van der Waals surface area contributed by atoms with Crippen molar-refractivity contribution in [2.24, 2.45) is 11.8 Å². The van der Waals surface area contributed by atoms with E-state index < -0.39 is 0 Å². The Kier molecular flexibility index (Phi) is 52.5. The Bertz CT molecular complexity index is 1960. The molecule has 2 fully saturated rings. The number of aliphatic hydroxyl groups excluding tert-OH is 1. The summed E-state index contributed by atoms with van der Waals surface area (Å²) in [5.41, 5.74) is 0. The molecular formula is C70H118O21. The Labute approximate surface area is 543 Å². The van der Waals surface area contributed by atoms with Crippen LogP contribution < -0.4 is 0 Å². The molecular weight excluding hydrogens is 1180 g/mol. The SMILES string of the molecule is O=C(CCCCCO)OCCCCCC(=O)OCCCCCC(=O)OCCCCCC(=O)OCCCCCC(=O)OCCCCCC(=O)OCCCCCC(=O)OCCCCCC(=O)OCCCCCC(=O)OCCCCCC(=O)OC1CCC2CCCCC2C1. The lowest BCUT2D eigenvalue weighted by Gasteiger charge is -2.38. The largest absolute Gasteiger partial charge is 0.466 e. The molecule has 0 saturated heterocycles. The monoisotopic (exact) mass is 1290 g/mol. The summed E-state index contributed by atoms with van der Waals surface area (Å²) in [5, 5.41) is 8.76. The van der Waals surface area contributed by atoms with Crippen LogP contribution in [0.2, 0.25) is 0 Å². The van der Waals surface area contributed by atoms with Gasteiger partial charge in [0.1, 0.15) is 6.10 Å². The molecule has 524 valence electrons. The molecule has 0 heterocycles. The summed E-state index contributed by atoms with van der Waals surface area (Å²) >= 11 is 0. The average molecular weight is 1300 g/mol. The van der Waals surface area contributed by atoms with Gasteiger partial charge >= 0.3 is 59.7 Å². The summed E-state index contributed by atoms with van der Waals surface area (Å²) in [4.78, 5) is 121. The number of fused-ring (bicyclic) bond motifs is 1. The molecule has 0 bridgehead atoms. The highest BCUT2D eigenvalue weighted by Gasteiger charge is 2.33. The third-order valence-corrected chi connectivity index (χ3v) is 16.4. The lowest BCUT2D eigenvalue weighted by Crippen LogP contribution is -2.32. The minimum atomic E-state index is -0.278. The second kappa shape index (κ2) is 58.5. The minimum Gasteiger partial charge on any atom is -0.466 e. The molecule has 0 spiro atoms. The van der Waals surface area contributed by atoms with Crippen molar-refractivity contribution < 1.29 is 100 Å². The van der Waals surface area contributed by atoms with E-state index >= 15 is 0 Å². The first kappa shape index (κ1) is 81.8. The van der Waals surface area contributed by atoms with Crippen LogP contribution in [0.1, 0.15) is 302 Å². The zero-order valence-electron chi connectivity index (χ0n) is 55.6. The highest BCUT2D eigenvalue weighted by Crippen LogP contribution is 2.41.